The summed E-state index contributed by atoms with van der Waals surface area (Å²) >= 11 is 0. The minimum Gasteiger partial charge on any atom is -0.496 e. The van der Waals surface area contributed by atoms with Crippen LogP contribution in [0.3, 0.4) is 0 Å². The van der Waals surface area contributed by atoms with Crippen LogP contribution in [-0.4, -0.2) is 29.9 Å². The number of carbonyl (C=O) groups excluding carboxylic acids is 3. The number of halogens is 3. The topological polar surface area (TPSA) is 84.5 Å². The molecule has 0 aromatic heterocycles. The monoisotopic (exact) mass is 439 g/mol. The first-order chi connectivity index (χ1) is 14.2. The van der Waals surface area contributed by atoms with E-state index in [4.69, 9.17) is 4.74 Å². The van der Waals surface area contributed by atoms with Crippen molar-refractivity contribution in [1.29, 1.82) is 0 Å². The van der Waals surface area contributed by atoms with Crippen LogP contribution in [0.1, 0.15) is 27.0 Å². The molecule has 0 aliphatic carbocycles. The molecule has 3 rings (SSSR count). The van der Waals surface area contributed by atoms with Crippen LogP contribution in [-0.2, 0) is 34.2 Å². The molecule has 1 fully saturated rings. The van der Waals surface area contributed by atoms with Crippen molar-refractivity contribution < 1.29 is 32.3 Å². The summed E-state index contributed by atoms with van der Waals surface area (Å²) in [5.41, 5.74) is 0.677. The molecule has 1 atom stereocenters. The molecular weight excluding hydrogens is 421 g/mol. The van der Waals surface area contributed by atoms with Crippen LogP contribution >= 0.6 is 0 Å². The number of hydrogen-bond donors (Lipinski definition) is 2. The van der Waals surface area contributed by atoms with Crippen molar-refractivity contribution in [3.8, 4) is 5.75 Å². The molecule has 6 nitrogen and oxygen atoms in total. The smallest absolute Gasteiger partial charge is 0.436 e. The number of alkyl halides is 3. The molecule has 0 saturated carbocycles. The minimum atomic E-state index is -4.42. The van der Waals surface area contributed by atoms with E-state index in [9.17, 15) is 27.6 Å². The number of carbonyl (C=O) groups is 3. The molecular formula is C20H18F3N2O4S+. The summed E-state index contributed by atoms with van der Waals surface area (Å²) in [6.07, 6.45) is -4.42. The third-order valence-corrected chi connectivity index (χ3v) is 6.31. The zero-order valence-corrected chi connectivity index (χ0v) is 16.7. The third-order valence-electron chi connectivity index (χ3n) is 4.39. The van der Waals surface area contributed by atoms with Gasteiger partial charge >= 0.3 is 11.4 Å². The van der Waals surface area contributed by atoms with Crippen LogP contribution < -0.4 is 15.4 Å². The van der Waals surface area contributed by atoms with Crippen molar-refractivity contribution in [3.63, 3.8) is 0 Å². The standard InChI is InChI=1S/C20H17F3N2O4S/c1-29-16-7-4-13(10-30-11-17(26)25-19(30)28)8-15(16)18(27)24-9-12-2-5-14(6-3-12)20(21,22)23/h2-8H,9-11H2,1H3,(H-,24,25,26,27,28)/p+1. The summed E-state index contributed by atoms with van der Waals surface area (Å²) in [5.74, 6) is -0.0182. The summed E-state index contributed by atoms with van der Waals surface area (Å²) in [6.45, 7) is 0.0334. The molecule has 0 bridgehead atoms. The minimum absolute atomic E-state index is 0.0334. The fourth-order valence-corrected chi connectivity index (χ4v) is 4.47. The van der Waals surface area contributed by atoms with Gasteiger partial charge in [-0.15, -0.1) is 0 Å². The lowest BCUT2D eigenvalue weighted by molar-refractivity contribution is -0.137. The Morgan fingerprint density at radius 1 is 1.13 bits per heavy atom. The first-order valence-corrected chi connectivity index (χ1v) is 10.4. The average molecular weight is 439 g/mol. The van der Waals surface area contributed by atoms with Gasteiger partial charge < -0.3 is 10.1 Å². The number of rotatable bonds is 6. The van der Waals surface area contributed by atoms with Crippen LogP contribution in [0.4, 0.5) is 18.0 Å². The number of methoxy groups -OCH3 is 1. The van der Waals surface area contributed by atoms with Gasteiger partial charge in [-0.1, -0.05) is 18.2 Å². The van der Waals surface area contributed by atoms with E-state index in [-0.39, 0.29) is 29.0 Å². The van der Waals surface area contributed by atoms with Gasteiger partial charge in [0.25, 0.3) is 11.8 Å². The van der Waals surface area contributed by atoms with Gasteiger partial charge in [0.05, 0.1) is 29.1 Å². The van der Waals surface area contributed by atoms with Crippen molar-refractivity contribution in [2.75, 3.05) is 12.9 Å². The second kappa shape index (κ2) is 8.78. The molecule has 158 valence electrons. The molecule has 1 saturated heterocycles. The van der Waals surface area contributed by atoms with E-state index < -0.39 is 28.5 Å². The van der Waals surface area contributed by atoms with E-state index in [1.165, 1.54) is 19.2 Å². The normalized spacial score (nSPS) is 16.3. The molecule has 1 heterocycles. The second-order valence-corrected chi connectivity index (χ2v) is 8.46. The Kier molecular flexibility index (Phi) is 6.35. The van der Waals surface area contributed by atoms with Crippen molar-refractivity contribution in [2.24, 2.45) is 0 Å². The Bertz CT molecular complexity index is 977. The highest BCUT2D eigenvalue weighted by molar-refractivity contribution is 8.11. The predicted molar refractivity (Wildman–Crippen MR) is 105 cm³/mol. The Labute approximate surface area is 173 Å². The lowest BCUT2D eigenvalue weighted by Crippen LogP contribution is -2.24. The maximum Gasteiger partial charge on any atom is 0.436 e. The van der Waals surface area contributed by atoms with Crippen molar-refractivity contribution >= 4 is 27.9 Å². The summed E-state index contributed by atoms with van der Waals surface area (Å²) in [5, 5.41) is 4.60. The molecule has 1 unspecified atom stereocenters. The first-order valence-electron chi connectivity index (χ1n) is 8.80. The van der Waals surface area contributed by atoms with E-state index in [0.29, 0.717) is 22.6 Å². The summed E-state index contributed by atoms with van der Waals surface area (Å²) in [4.78, 5) is 35.8. The number of benzene rings is 2. The second-order valence-electron chi connectivity index (χ2n) is 6.53. The third kappa shape index (κ3) is 5.12. The number of nitrogens with one attached hydrogen (secondary N) is 2. The van der Waals surface area contributed by atoms with Crippen LogP contribution in [0.25, 0.3) is 0 Å². The molecule has 2 N–H and O–H groups in total. The van der Waals surface area contributed by atoms with Gasteiger partial charge in [0, 0.05) is 12.1 Å². The van der Waals surface area contributed by atoms with Crippen molar-refractivity contribution in [3.05, 3.63) is 64.7 Å². The number of hydrogen-bond acceptors (Lipinski definition) is 4. The van der Waals surface area contributed by atoms with Crippen LogP contribution in [0.5, 0.6) is 5.75 Å². The highest BCUT2D eigenvalue weighted by Crippen LogP contribution is 2.29. The predicted octanol–water partition coefficient (Wildman–Crippen LogP) is 3.01. The highest BCUT2D eigenvalue weighted by atomic mass is 32.2. The highest BCUT2D eigenvalue weighted by Gasteiger charge is 2.41. The average Bonchev–Trinajstić information content (AvgIpc) is 3.02. The Morgan fingerprint density at radius 2 is 1.80 bits per heavy atom. The lowest BCUT2D eigenvalue weighted by Gasteiger charge is -2.12. The van der Waals surface area contributed by atoms with E-state index in [0.717, 1.165) is 12.1 Å². The van der Waals surface area contributed by atoms with E-state index in [1.54, 1.807) is 18.2 Å². The van der Waals surface area contributed by atoms with Crippen LogP contribution in [0.15, 0.2) is 42.5 Å². The Morgan fingerprint density at radius 3 is 2.37 bits per heavy atom. The molecule has 1 aliphatic heterocycles. The fraction of sp³-hybridized carbons (Fsp3) is 0.250. The van der Waals surface area contributed by atoms with Gasteiger partial charge in [0.2, 0.25) is 0 Å². The van der Waals surface area contributed by atoms with E-state index >= 15 is 0 Å². The van der Waals surface area contributed by atoms with Crippen molar-refractivity contribution in [1.82, 2.24) is 10.6 Å². The largest absolute Gasteiger partial charge is 0.496 e. The first kappa shape index (κ1) is 21.7. The zero-order valence-electron chi connectivity index (χ0n) is 15.8. The molecule has 30 heavy (non-hydrogen) atoms. The van der Waals surface area contributed by atoms with Gasteiger partial charge in [0.1, 0.15) is 11.5 Å². The fourth-order valence-electron chi connectivity index (χ4n) is 2.88. The number of imide groups is 1. The molecule has 2 aromatic rings. The summed E-state index contributed by atoms with van der Waals surface area (Å²) < 4.78 is 43.1. The molecule has 3 amide bonds. The number of amides is 3. The maximum absolute atomic E-state index is 12.6. The quantitative estimate of drug-likeness (QED) is 0.678. The molecule has 0 radical (unpaired) electrons. The van der Waals surface area contributed by atoms with E-state index in [2.05, 4.69) is 10.6 Å². The van der Waals surface area contributed by atoms with Gasteiger partial charge in [-0.3, -0.25) is 9.59 Å². The van der Waals surface area contributed by atoms with Gasteiger partial charge in [-0.25, -0.2) is 10.1 Å². The van der Waals surface area contributed by atoms with Gasteiger partial charge in [-0.05, 0) is 29.8 Å². The molecule has 10 heteroatoms. The van der Waals surface area contributed by atoms with E-state index in [1.807, 2.05) is 0 Å². The maximum atomic E-state index is 12.6. The molecule has 0 spiro atoms. The Balaban J connectivity index is 1.69. The summed E-state index contributed by atoms with van der Waals surface area (Å²) in [6, 6.07) is 9.41. The summed E-state index contributed by atoms with van der Waals surface area (Å²) in [7, 11) is 0.619. The molecule has 2 aromatic carbocycles. The van der Waals surface area contributed by atoms with Crippen LogP contribution in [0.2, 0.25) is 0 Å². The Hall–Kier alpha value is -3.01. The molecule has 1 aliphatic rings. The number of ether oxygens (including phenoxy) is 1. The van der Waals surface area contributed by atoms with Crippen LogP contribution in [0, 0.1) is 0 Å². The van der Waals surface area contributed by atoms with Crippen molar-refractivity contribution in [2.45, 2.75) is 18.5 Å². The SMILES string of the molecule is COc1ccc(C[S+]2CC(=O)NC2=O)cc1C(=O)NCc1ccc(C(F)(F)F)cc1. The lowest BCUT2D eigenvalue weighted by atomic mass is 10.1. The van der Waals surface area contributed by atoms with Gasteiger partial charge in [-0.2, -0.15) is 13.2 Å². The zero-order chi connectivity index (χ0) is 21.9. The van der Waals surface area contributed by atoms with Gasteiger partial charge in [0.15, 0.2) is 5.75 Å².